The lowest BCUT2D eigenvalue weighted by molar-refractivity contribution is -0.123. The second-order valence-electron chi connectivity index (χ2n) is 12.9. The molecule has 1 unspecified atom stereocenters. The summed E-state index contributed by atoms with van der Waals surface area (Å²) < 4.78 is 89.5. The molecule has 0 bridgehead atoms. The summed E-state index contributed by atoms with van der Waals surface area (Å²) in [5.74, 6) is -7.55. The van der Waals surface area contributed by atoms with Crippen molar-refractivity contribution in [3.63, 3.8) is 0 Å². The van der Waals surface area contributed by atoms with E-state index >= 15 is 8.78 Å². The number of aromatic nitrogens is 4. The Balaban J connectivity index is 1.23. The minimum Gasteiger partial charge on any atom is -0.344 e. The van der Waals surface area contributed by atoms with Crippen LogP contribution in [0.15, 0.2) is 69.9 Å². The number of nitrogens with one attached hydrogen (secondary N) is 1. The third-order valence-corrected chi connectivity index (χ3v) is 10.0. The quantitative estimate of drug-likeness (QED) is 0.157. The molecule has 252 valence electrons. The minimum absolute atomic E-state index is 0.00155. The highest BCUT2D eigenvalue weighted by Gasteiger charge is 2.67. The zero-order valence-electron chi connectivity index (χ0n) is 25.4. The fraction of sp³-hybridized carbons (Fsp3) is 0.314. The number of benzene rings is 3. The van der Waals surface area contributed by atoms with Crippen LogP contribution in [0.2, 0.25) is 0 Å². The van der Waals surface area contributed by atoms with Gasteiger partial charge in [0.25, 0.3) is 17.9 Å². The second kappa shape index (κ2) is 11.6. The van der Waals surface area contributed by atoms with Gasteiger partial charge in [-0.2, -0.15) is 13.9 Å². The fourth-order valence-corrected chi connectivity index (χ4v) is 7.45. The summed E-state index contributed by atoms with van der Waals surface area (Å²) in [6.07, 6.45) is -1.22. The summed E-state index contributed by atoms with van der Waals surface area (Å²) in [6.45, 7) is -0.850. The molecule has 8 rings (SSSR count). The molecule has 2 fully saturated rings. The molecule has 7 nitrogen and oxygen atoms in total. The van der Waals surface area contributed by atoms with Crippen LogP contribution in [0.1, 0.15) is 77.5 Å². The van der Waals surface area contributed by atoms with Crippen LogP contribution >= 0.6 is 15.9 Å². The van der Waals surface area contributed by atoms with E-state index in [1.807, 2.05) is 12.1 Å². The van der Waals surface area contributed by atoms with Gasteiger partial charge in [-0.15, -0.1) is 0 Å². The van der Waals surface area contributed by atoms with E-state index in [0.29, 0.717) is 26.8 Å². The molecular formula is C35H26BrF6N5O2. The SMILES string of the molecule is O=C(Cn1nc(C(F)F)c2c1C(F)(F)[C@@H]1C[C@H]21)NC(Cc1cc(F)cc(F)c1)c1nc2cc(Br)ccc2c(=O)n1-c1ccc(C2CC2)cc1. The molecular weight excluding hydrogens is 716 g/mol. The minimum atomic E-state index is -3.45. The summed E-state index contributed by atoms with van der Waals surface area (Å²) in [4.78, 5) is 32.6. The molecule has 0 saturated heterocycles. The van der Waals surface area contributed by atoms with Crippen molar-refractivity contribution in [3.05, 3.63) is 121 Å². The molecule has 5 aromatic rings. The molecule has 3 atom stereocenters. The maximum absolute atomic E-state index is 15.2. The Kier molecular flexibility index (Phi) is 7.50. The van der Waals surface area contributed by atoms with E-state index in [1.54, 1.807) is 30.3 Å². The maximum atomic E-state index is 15.2. The van der Waals surface area contributed by atoms with Gasteiger partial charge in [-0.25, -0.2) is 22.5 Å². The third kappa shape index (κ3) is 5.63. The van der Waals surface area contributed by atoms with Gasteiger partial charge < -0.3 is 5.32 Å². The van der Waals surface area contributed by atoms with Gasteiger partial charge in [-0.05, 0) is 84.7 Å². The molecule has 0 spiro atoms. The Bertz CT molecular complexity index is 2200. The van der Waals surface area contributed by atoms with Crippen molar-refractivity contribution >= 4 is 32.7 Å². The molecule has 49 heavy (non-hydrogen) atoms. The van der Waals surface area contributed by atoms with Crippen molar-refractivity contribution in [2.45, 2.75) is 62.5 Å². The molecule has 1 amide bonds. The molecule has 0 aliphatic heterocycles. The molecule has 3 aliphatic rings. The number of carbonyl (C=O) groups excluding carboxylic acids is 1. The molecule has 3 aromatic carbocycles. The van der Waals surface area contributed by atoms with Gasteiger partial charge in [0.2, 0.25) is 5.91 Å². The second-order valence-corrected chi connectivity index (χ2v) is 13.8. The molecule has 3 aliphatic carbocycles. The van der Waals surface area contributed by atoms with E-state index in [4.69, 9.17) is 4.98 Å². The van der Waals surface area contributed by atoms with E-state index in [0.717, 1.165) is 30.5 Å². The summed E-state index contributed by atoms with van der Waals surface area (Å²) in [5, 5.41) is 6.69. The van der Waals surface area contributed by atoms with Gasteiger partial charge in [0.15, 0.2) is 0 Å². The number of halogens is 7. The molecule has 0 radical (unpaired) electrons. The fourth-order valence-electron chi connectivity index (χ4n) is 7.10. The number of fused-ring (bicyclic) bond motifs is 4. The number of hydrogen-bond acceptors (Lipinski definition) is 4. The smallest absolute Gasteiger partial charge is 0.293 e. The van der Waals surface area contributed by atoms with Crippen molar-refractivity contribution in [1.82, 2.24) is 24.6 Å². The third-order valence-electron chi connectivity index (χ3n) is 9.53. The largest absolute Gasteiger partial charge is 0.344 e. The molecule has 2 saturated carbocycles. The normalized spacial score (nSPS) is 19.6. The predicted molar refractivity (Wildman–Crippen MR) is 170 cm³/mol. The number of nitrogens with zero attached hydrogens (tertiary/aromatic N) is 4. The maximum Gasteiger partial charge on any atom is 0.293 e. The number of rotatable bonds is 9. The number of carbonyl (C=O) groups is 1. The van der Waals surface area contributed by atoms with Gasteiger partial charge >= 0.3 is 0 Å². The molecule has 14 heteroatoms. The van der Waals surface area contributed by atoms with E-state index in [2.05, 4.69) is 26.3 Å². The monoisotopic (exact) mass is 741 g/mol. The van der Waals surface area contributed by atoms with Crippen molar-refractivity contribution in [1.29, 1.82) is 0 Å². The lowest BCUT2D eigenvalue weighted by atomic mass is 10.0. The van der Waals surface area contributed by atoms with Gasteiger partial charge in [0, 0.05) is 28.4 Å². The van der Waals surface area contributed by atoms with Gasteiger partial charge in [0.05, 0.1) is 22.6 Å². The van der Waals surface area contributed by atoms with E-state index in [9.17, 15) is 27.2 Å². The van der Waals surface area contributed by atoms with Crippen LogP contribution in [-0.2, 0) is 23.7 Å². The number of alkyl halides is 4. The van der Waals surface area contributed by atoms with Crippen LogP contribution in [0.3, 0.4) is 0 Å². The number of hydrogen-bond donors (Lipinski definition) is 1. The Morgan fingerprint density at radius 2 is 1.73 bits per heavy atom. The highest BCUT2D eigenvalue weighted by molar-refractivity contribution is 9.10. The van der Waals surface area contributed by atoms with E-state index in [-0.39, 0.29) is 40.7 Å². The van der Waals surface area contributed by atoms with Crippen LogP contribution < -0.4 is 10.9 Å². The average molecular weight is 743 g/mol. The molecule has 1 N–H and O–H groups in total. The van der Waals surface area contributed by atoms with Crippen LogP contribution in [0.5, 0.6) is 0 Å². The van der Waals surface area contributed by atoms with E-state index < -0.39 is 71.3 Å². The predicted octanol–water partition coefficient (Wildman–Crippen LogP) is 7.75. The molecule has 2 aromatic heterocycles. The topological polar surface area (TPSA) is 81.8 Å². The van der Waals surface area contributed by atoms with Crippen molar-refractivity contribution in [2.24, 2.45) is 5.92 Å². The van der Waals surface area contributed by atoms with Crippen molar-refractivity contribution < 1.29 is 31.1 Å². The zero-order chi connectivity index (χ0) is 34.4. The first-order valence-electron chi connectivity index (χ1n) is 15.7. The van der Waals surface area contributed by atoms with Crippen LogP contribution in [0.4, 0.5) is 26.3 Å². The first-order valence-corrected chi connectivity index (χ1v) is 16.5. The standard InChI is InChI=1S/C35H26BrF6N5O2/c36-19-5-8-23-26(12-19)44-33(47(34(23)49)22-6-3-18(4-7-22)17-1-2-17)27(11-16-9-20(37)13-21(38)10-16)43-28(48)15-46-31-29(30(45-46)32(39)40)24-14-25(24)35(31,41)42/h3-10,12-13,17,24-25,27,32H,1-2,11,14-15H2,(H,43,48)/t24-,25+,27?/m0/s1. The van der Waals surface area contributed by atoms with Crippen LogP contribution in [-0.4, -0.2) is 25.2 Å². The Morgan fingerprint density at radius 3 is 2.41 bits per heavy atom. The lowest BCUT2D eigenvalue weighted by Crippen LogP contribution is -2.38. The van der Waals surface area contributed by atoms with Gasteiger partial charge in [-0.3, -0.25) is 18.8 Å². The van der Waals surface area contributed by atoms with Gasteiger partial charge in [-0.1, -0.05) is 28.1 Å². The first kappa shape index (κ1) is 31.8. The summed E-state index contributed by atoms with van der Waals surface area (Å²) in [6, 6.07) is 13.7. The van der Waals surface area contributed by atoms with Crippen molar-refractivity contribution in [2.75, 3.05) is 0 Å². The Labute approximate surface area is 283 Å². The highest BCUT2D eigenvalue weighted by atomic mass is 79.9. The summed E-state index contributed by atoms with van der Waals surface area (Å²) in [5.41, 5.74) is -0.300. The summed E-state index contributed by atoms with van der Waals surface area (Å²) in [7, 11) is 0. The van der Waals surface area contributed by atoms with E-state index in [1.165, 1.54) is 4.57 Å². The average Bonchev–Trinajstić information content (AvgIpc) is 3.96. The summed E-state index contributed by atoms with van der Waals surface area (Å²) >= 11 is 3.38. The Hall–Kier alpha value is -4.46. The van der Waals surface area contributed by atoms with Crippen molar-refractivity contribution in [3.8, 4) is 5.69 Å². The number of amides is 1. The lowest BCUT2D eigenvalue weighted by Gasteiger charge is -2.24. The van der Waals surface area contributed by atoms with Crippen LogP contribution in [0, 0.1) is 17.6 Å². The highest BCUT2D eigenvalue weighted by Crippen LogP contribution is 2.68. The van der Waals surface area contributed by atoms with Crippen LogP contribution in [0.25, 0.3) is 16.6 Å². The first-order chi connectivity index (χ1) is 23.4. The Morgan fingerprint density at radius 1 is 1.02 bits per heavy atom. The van der Waals surface area contributed by atoms with Gasteiger partial charge in [0.1, 0.15) is 35.4 Å². The zero-order valence-corrected chi connectivity index (χ0v) is 27.0. The molecule has 2 heterocycles.